The molecule has 1 spiro atoms. The number of fused-ring (bicyclic) bond motifs is 2. The molecular weight excluding hydrogens is 342 g/mol. The van der Waals surface area contributed by atoms with Gasteiger partial charge in [0.1, 0.15) is 12.2 Å². The van der Waals surface area contributed by atoms with Gasteiger partial charge >= 0.3 is 0 Å². The fraction of sp³-hybridized carbons (Fsp3) is 0.600. The first-order valence-electron chi connectivity index (χ1n) is 9.83. The molecule has 0 radical (unpaired) electrons. The number of methoxy groups -OCH3 is 1. The Kier molecular flexibility index (Phi) is 5.54. The summed E-state index contributed by atoms with van der Waals surface area (Å²) in [5, 5.41) is 26.5. The summed E-state index contributed by atoms with van der Waals surface area (Å²) in [4.78, 5) is 0. The van der Waals surface area contributed by atoms with E-state index in [1.54, 1.807) is 13.4 Å². The summed E-state index contributed by atoms with van der Waals surface area (Å²) < 4.78 is 7.17. The van der Waals surface area contributed by atoms with Crippen molar-refractivity contribution < 1.29 is 9.84 Å². The lowest BCUT2D eigenvalue weighted by molar-refractivity contribution is 0.0445. The van der Waals surface area contributed by atoms with Crippen LogP contribution in [0.4, 0.5) is 0 Å². The number of piperidine rings is 1. The van der Waals surface area contributed by atoms with Gasteiger partial charge in [0.2, 0.25) is 0 Å². The lowest BCUT2D eigenvalue weighted by atomic mass is 9.72. The Morgan fingerprint density at radius 2 is 2.15 bits per heavy atom. The van der Waals surface area contributed by atoms with Gasteiger partial charge in [0.05, 0.1) is 18.8 Å². The SMILES string of the molecule is COCCn1cnnc1CCN[C@@H]1c2ccccc2C2(CCNCC2)[C@H]1O. The molecule has 2 heterocycles. The van der Waals surface area contributed by atoms with Crippen LogP contribution < -0.4 is 10.6 Å². The van der Waals surface area contributed by atoms with Crippen LogP contribution in [0.5, 0.6) is 0 Å². The van der Waals surface area contributed by atoms with Gasteiger partial charge in [-0.15, -0.1) is 10.2 Å². The summed E-state index contributed by atoms with van der Waals surface area (Å²) in [5.41, 5.74) is 2.44. The summed E-state index contributed by atoms with van der Waals surface area (Å²) in [6.07, 6.45) is 4.08. The molecule has 1 fully saturated rings. The van der Waals surface area contributed by atoms with E-state index in [1.165, 1.54) is 11.1 Å². The van der Waals surface area contributed by atoms with Crippen molar-refractivity contribution in [2.45, 2.75) is 43.4 Å². The number of aliphatic hydroxyl groups is 1. The van der Waals surface area contributed by atoms with E-state index >= 15 is 0 Å². The number of benzene rings is 1. The fourth-order valence-electron chi connectivity index (χ4n) is 4.72. The van der Waals surface area contributed by atoms with Crippen molar-refractivity contribution in [1.29, 1.82) is 0 Å². The van der Waals surface area contributed by atoms with Crippen molar-refractivity contribution in [2.75, 3.05) is 33.4 Å². The maximum atomic E-state index is 11.3. The van der Waals surface area contributed by atoms with E-state index in [4.69, 9.17) is 4.74 Å². The highest BCUT2D eigenvalue weighted by Gasteiger charge is 2.51. The highest BCUT2D eigenvalue weighted by molar-refractivity contribution is 5.45. The van der Waals surface area contributed by atoms with E-state index in [0.717, 1.165) is 51.3 Å². The fourth-order valence-corrected chi connectivity index (χ4v) is 4.72. The Morgan fingerprint density at radius 1 is 1.33 bits per heavy atom. The predicted octanol–water partition coefficient (Wildman–Crippen LogP) is 0.794. The van der Waals surface area contributed by atoms with Crippen LogP contribution in [0.25, 0.3) is 0 Å². The van der Waals surface area contributed by atoms with Crippen molar-refractivity contribution in [1.82, 2.24) is 25.4 Å². The van der Waals surface area contributed by atoms with Gasteiger partial charge in [-0.3, -0.25) is 0 Å². The summed E-state index contributed by atoms with van der Waals surface area (Å²) in [6, 6.07) is 8.49. The molecule has 0 unspecified atom stereocenters. The Bertz CT molecular complexity index is 756. The van der Waals surface area contributed by atoms with E-state index < -0.39 is 6.10 Å². The van der Waals surface area contributed by atoms with Crippen LogP contribution in [-0.4, -0.2) is 59.3 Å². The molecule has 2 atom stereocenters. The van der Waals surface area contributed by atoms with Gasteiger partial charge in [0.15, 0.2) is 0 Å². The lowest BCUT2D eigenvalue weighted by Crippen LogP contribution is -2.48. The molecule has 3 N–H and O–H groups in total. The van der Waals surface area contributed by atoms with Crippen LogP contribution in [0.2, 0.25) is 0 Å². The monoisotopic (exact) mass is 371 g/mol. The standard InChI is InChI=1S/C20H29N5O2/c1-27-13-12-25-14-23-24-17(25)6-9-22-18-15-4-2-3-5-16(15)20(19(18)26)7-10-21-11-8-20/h2-5,14,18-19,21-22,26H,6-13H2,1H3/t18-,19+/m1/s1. The zero-order chi connectivity index (χ0) is 18.7. The Hall–Kier alpha value is -1.80. The minimum atomic E-state index is -0.400. The summed E-state index contributed by atoms with van der Waals surface area (Å²) in [5.74, 6) is 0.942. The van der Waals surface area contributed by atoms with Gasteiger partial charge in [-0.25, -0.2) is 0 Å². The zero-order valence-corrected chi connectivity index (χ0v) is 15.9. The van der Waals surface area contributed by atoms with Crippen molar-refractivity contribution in [3.63, 3.8) is 0 Å². The molecule has 4 rings (SSSR count). The number of aromatic nitrogens is 3. The third-order valence-electron chi connectivity index (χ3n) is 6.15. The van der Waals surface area contributed by atoms with Gasteiger partial charge in [-0.1, -0.05) is 24.3 Å². The number of aliphatic hydroxyl groups excluding tert-OH is 1. The van der Waals surface area contributed by atoms with Crippen LogP contribution in [0, 0.1) is 0 Å². The third-order valence-corrected chi connectivity index (χ3v) is 6.15. The second-order valence-corrected chi connectivity index (χ2v) is 7.55. The third kappa shape index (κ3) is 3.40. The molecule has 1 aromatic heterocycles. The average molecular weight is 371 g/mol. The Labute approximate surface area is 160 Å². The van der Waals surface area contributed by atoms with Gasteiger partial charge in [-0.2, -0.15) is 0 Å². The van der Waals surface area contributed by atoms with Crippen LogP contribution in [0.3, 0.4) is 0 Å². The minimum Gasteiger partial charge on any atom is -0.390 e. The topological polar surface area (TPSA) is 84.2 Å². The number of nitrogens with one attached hydrogen (secondary N) is 2. The van der Waals surface area contributed by atoms with Crippen LogP contribution >= 0.6 is 0 Å². The zero-order valence-electron chi connectivity index (χ0n) is 15.9. The average Bonchev–Trinajstić information content (AvgIpc) is 3.24. The van der Waals surface area contributed by atoms with Crippen molar-refractivity contribution >= 4 is 0 Å². The molecule has 1 aliphatic carbocycles. The Balaban J connectivity index is 1.46. The molecule has 27 heavy (non-hydrogen) atoms. The maximum Gasteiger partial charge on any atom is 0.134 e. The van der Waals surface area contributed by atoms with Gasteiger partial charge in [-0.05, 0) is 37.1 Å². The van der Waals surface area contributed by atoms with E-state index in [2.05, 4.69) is 45.1 Å². The van der Waals surface area contributed by atoms with Crippen LogP contribution in [0.1, 0.15) is 35.8 Å². The molecule has 1 aliphatic heterocycles. The largest absolute Gasteiger partial charge is 0.390 e. The first-order valence-corrected chi connectivity index (χ1v) is 9.83. The van der Waals surface area contributed by atoms with Gasteiger partial charge in [0.25, 0.3) is 0 Å². The smallest absolute Gasteiger partial charge is 0.134 e. The lowest BCUT2D eigenvalue weighted by Gasteiger charge is -2.39. The maximum absolute atomic E-state index is 11.3. The van der Waals surface area contributed by atoms with Crippen molar-refractivity contribution in [2.24, 2.45) is 0 Å². The molecular formula is C20H29N5O2. The highest BCUT2D eigenvalue weighted by atomic mass is 16.5. The summed E-state index contributed by atoms with van der Waals surface area (Å²) in [7, 11) is 1.70. The molecule has 2 aliphatic rings. The molecule has 0 bridgehead atoms. The minimum absolute atomic E-state index is 0.0327. The quantitative estimate of drug-likeness (QED) is 0.668. The number of hydrogen-bond acceptors (Lipinski definition) is 6. The van der Waals surface area contributed by atoms with E-state index in [9.17, 15) is 5.11 Å². The van der Waals surface area contributed by atoms with E-state index in [-0.39, 0.29) is 11.5 Å². The summed E-state index contributed by atoms with van der Waals surface area (Å²) in [6.45, 7) is 4.06. The normalized spacial score (nSPS) is 23.6. The molecule has 0 saturated carbocycles. The van der Waals surface area contributed by atoms with E-state index in [1.807, 2.05) is 4.57 Å². The molecule has 146 valence electrons. The van der Waals surface area contributed by atoms with Crippen LogP contribution in [0.15, 0.2) is 30.6 Å². The van der Waals surface area contributed by atoms with Gasteiger partial charge in [0, 0.05) is 32.0 Å². The molecule has 1 aromatic carbocycles. The number of hydrogen-bond donors (Lipinski definition) is 3. The molecule has 1 saturated heterocycles. The predicted molar refractivity (Wildman–Crippen MR) is 103 cm³/mol. The Morgan fingerprint density at radius 3 is 2.96 bits per heavy atom. The number of nitrogens with zero attached hydrogens (tertiary/aromatic N) is 3. The highest BCUT2D eigenvalue weighted by Crippen LogP contribution is 2.49. The summed E-state index contributed by atoms with van der Waals surface area (Å²) >= 11 is 0. The second-order valence-electron chi connectivity index (χ2n) is 7.55. The molecule has 0 amide bonds. The molecule has 7 nitrogen and oxygen atoms in total. The van der Waals surface area contributed by atoms with E-state index in [0.29, 0.717) is 6.61 Å². The van der Waals surface area contributed by atoms with Crippen LogP contribution in [-0.2, 0) is 23.1 Å². The number of rotatable bonds is 7. The molecule has 2 aromatic rings. The van der Waals surface area contributed by atoms with Crippen molar-refractivity contribution in [3.05, 3.63) is 47.5 Å². The van der Waals surface area contributed by atoms with Gasteiger partial charge < -0.3 is 25.0 Å². The second kappa shape index (κ2) is 8.06. The molecule has 7 heteroatoms. The van der Waals surface area contributed by atoms with Crippen molar-refractivity contribution in [3.8, 4) is 0 Å². The first-order chi connectivity index (χ1) is 13.3. The first kappa shape index (κ1) is 18.6. The number of ether oxygens (including phenoxy) is 1.